The number of nitrogens with zero attached hydrogens (tertiary/aromatic N) is 3. The Hall–Kier alpha value is -2.95. The Morgan fingerprint density at radius 2 is 2.08 bits per heavy atom. The highest BCUT2D eigenvalue weighted by Crippen LogP contribution is 2.49. The molecular formula is C20H20N4O. The van der Waals surface area contributed by atoms with E-state index < -0.39 is 0 Å². The van der Waals surface area contributed by atoms with Gasteiger partial charge < -0.3 is 5.32 Å². The zero-order chi connectivity index (χ0) is 17.2. The van der Waals surface area contributed by atoms with E-state index in [0.717, 1.165) is 6.42 Å². The molecule has 5 heteroatoms. The van der Waals surface area contributed by atoms with Gasteiger partial charge in [0.2, 0.25) is 0 Å². The highest BCUT2D eigenvalue weighted by atomic mass is 16.1. The molecule has 0 aliphatic heterocycles. The van der Waals surface area contributed by atoms with Crippen LogP contribution in [0.15, 0.2) is 67.4 Å². The molecule has 5 nitrogen and oxygen atoms in total. The van der Waals surface area contributed by atoms with Gasteiger partial charge in [-0.2, -0.15) is 0 Å². The fourth-order valence-electron chi connectivity index (χ4n) is 3.34. The van der Waals surface area contributed by atoms with Crippen molar-refractivity contribution in [3.05, 3.63) is 78.5 Å². The van der Waals surface area contributed by atoms with Crippen molar-refractivity contribution in [3.63, 3.8) is 0 Å². The quantitative estimate of drug-likeness (QED) is 0.780. The van der Waals surface area contributed by atoms with Crippen LogP contribution in [0.2, 0.25) is 0 Å². The van der Waals surface area contributed by atoms with Crippen LogP contribution in [-0.4, -0.2) is 26.5 Å². The summed E-state index contributed by atoms with van der Waals surface area (Å²) < 4.78 is 1.78. The third-order valence-corrected chi connectivity index (χ3v) is 4.85. The zero-order valence-electron chi connectivity index (χ0n) is 14.0. The monoisotopic (exact) mass is 332 g/mol. The number of hydrogen-bond donors (Lipinski definition) is 1. The van der Waals surface area contributed by atoms with Crippen molar-refractivity contribution in [1.29, 1.82) is 0 Å². The van der Waals surface area contributed by atoms with Gasteiger partial charge in [0.25, 0.3) is 5.91 Å². The van der Waals surface area contributed by atoms with Crippen molar-refractivity contribution in [2.24, 2.45) is 5.92 Å². The molecule has 126 valence electrons. The van der Waals surface area contributed by atoms with Gasteiger partial charge in [-0.3, -0.25) is 9.36 Å². The molecule has 1 aliphatic carbocycles. The van der Waals surface area contributed by atoms with Crippen LogP contribution in [0.3, 0.4) is 0 Å². The summed E-state index contributed by atoms with van der Waals surface area (Å²) in [7, 11) is 0. The molecule has 0 saturated heterocycles. The summed E-state index contributed by atoms with van der Waals surface area (Å²) in [6, 6.07) is 14.2. The largest absolute Gasteiger partial charge is 0.349 e. The van der Waals surface area contributed by atoms with E-state index >= 15 is 0 Å². The molecule has 1 fully saturated rings. The maximum absolute atomic E-state index is 12.6. The van der Waals surface area contributed by atoms with Crippen molar-refractivity contribution >= 4 is 5.91 Å². The lowest BCUT2D eigenvalue weighted by Gasteiger charge is -2.14. The van der Waals surface area contributed by atoms with Gasteiger partial charge in [0, 0.05) is 30.2 Å². The van der Waals surface area contributed by atoms with Crippen molar-refractivity contribution in [3.8, 4) is 5.82 Å². The minimum absolute atomic E-state index is 0.0602. The molecule has 1 N–H and O–H groups in total. The van der Waals surface area contributed by atoms with Gasteiger partial charge in [-0.25, -0.2) is 9.97 Å². The lowest BCUT2D eigenvalue weighted by molar-refractivity contribution is 0.0935. The molecular weight excluding hydrogens is 312 g/mol. The summed E-state index contributed by atoms with van der Waals surface area (Å²) >= 11 is 0. The van der Waals surface area contributed by atoms with Crippen LogP contribution in [0.1, 0.15) is 35.2 Å². The van der Waals surface area contributed by atoms with Gasteiger partial charge >= 0.3 is 0 Å². The summed E-state index contributed by atoms with van der Waals surface area (Å²) in [4.78, 5) is 20.9. The number of benzene rings is 1. The smallest absolute Gasteiger partial charge is 0.251 e. The van der Waals surface area contributed by atoms with E-state index in [1.807, 2.05) is 6.07 Å². The van der Waals surface area contributed by atoms with Crippen LogP contribution in [0.5, 0.6) is 0 Å². The van der Waals surface area contributed by atoms with E-state index in [4.69, 9.17) is 0 Å². The minimum Gasteiger partial charge on any atom is -0.349 e. The van der Waals surface area contributed by atoms with Gasteiger partial charge in [-0.1, -0.05) is 30.3 Å². The fraction of sp³-hybridized carbons (Fsp3) is 0.250. The predicted octanol–water partition coefficient (Wildman–Crippen LogP) is 3.19. The molecule has 25 heavy (non-hydrogen) atoms. The number of carbonyl (C=O) groups excluding carboxylic acids is 1. The molecule has 2 heterocycles. The average molecular weight is 332 g/mol. The van der Waals surface area contributed by atoms with Crippen LogP contribution in [0.25, 0.3) is 5.82 Å². The van der Waals surface area contributed by atoms with Gasteiger partial charge in [0.15, 0.2) is 0 Å². The molecule has 0 unspecified atom stereocenters. The second-order valence-electron chi connectivity index (χ2n) is 6.55. The third-order valence-electron chi connectivity index (χ3n) is 4.85. The van der Waals surface area contributed by atoms with Crippen LogP contribution in [-0.2, 0) is 0 Å². The maximum Gasteiger partial charge on any atom is 0.251 e. The normalized spacial score (nSPS) is 20.0. The summed E-state index contributed by atoms with van der Waals surface area (Å²) in [6.45, 7) is 2.09. The zero-order valence-corrected chi connectivity index (χ0v) is 14.0. The van der Waals surface area contributed by atoms with Crippen LogP contribution >= 0.6 is 0 Å². The first-order chi connectivity index (χ1) is 12.2. The van der Waals surface area contributed by atoms with Crippen LogP contribution in [0.4, 0.5) is 0 Å². The number of amides is 1. The average Bonchev–Trinajstić information content (AvgIpc) is 3.27. The second kappa shape index (κ2) is 6.51. The lowest BCUT2D eigenvalue weighted by atomic mass is 10.1. The number of nitrogens with one attached hydrogen (secondary N) is 1. The first kappa shape index (κ1) is 15.6. The Balaban J connectivity index is 1.42. The van der Waals surface area contributed by atoms with Crippen LogP contribution < -0.4 is 5.32 Å². The third kappa shape index (κ3) is 3.31. The number of pyridine rings is 1. The maximum atomic E-state index is 12.6. The van der Waals surface area contributed by atoms with Crippen molar-refractivity contribution in [2.75, 3.05) is 0 Å². The predicted molar refractivity (Wildman–Crippen MR) is 95.6 cm³/mol. The minimum atomic E-state index is -0.0602. The van der Waals surface area contributed by atoms with Gasteiger partial charge in [-0.15, -0.1) is 0 Å². The number of carbonyl (C=O) groups is 1. The van der Waals surface area contributed by atoms with E-state index in [0.29, 0.717) is 23.2 Å². The fourth-order valence-corrected chi connectivity index (χ4v) is 3.34. The molecule has 3 aromatic rings. The molecule has 0 spiro atoms. The SMILES string of the molecule is C[C@H](NC(=O)c1ccnc(-n2ccnc2)c1)[C@@H]1C[C@@H]1c1ccccc1. The Bertz CT molecular complexity index is 860. The molecule has 2 aromatic heterocycles. The van der Waals surface area contributed by atoms with Crippen molar-refractivity contribution in [1.82, 2.24) is 19.9 Å². The van der Waals surface area contributed by atoms with Crippen molar-refractivity contribution < 1.29 is 4.79 Å². The highest BCUT2D eigenvalue weighted by Gasteiger charge is 2.42. The number of hydrogen-bond acceptors (Lipinski definition) is 3. The van der Waals surface area contributed by atoms with E-state index in [1.165, 1.54) is 5.56 Å². The number of aromatic nitrogens is 3. The molecule has 1 amide bonds. The Kier molecular flexibility index (Phi) is 4.06. The summed E-state index contributed by atoms with van der Waals surface area (Å²) in [6.07, 6.45) is 7.94. The molecule has 3 atom stereocenters. The molecule has 0 bridgehead atoms. The van der Waals surface area contributed by atoms with Crippen molar-refractivity contribution in [2.45, 2.75) is 25.3 Å². The van der Waals surface area contributed by atoms with E-state index in [-0.39, 0.29) is 11.9 Å². The van der Waals surface area contributed by atoms with E-state index in [1.54, 1.807) is 41.6 Å². The van der Waals surface area contributed by atoms with E-state index in [9.17, 15) is 4.79 Å². The Morgan fingerprint density at radius 1 is 1.24 bits per heavy atom. The second-order valence-corrected chi connectivity index (χ2v) is 6.55. The van der Waals surface area contributed by atoms with Gasteiger partial charge in [0.1, 0.15) is 12.1 Å². The Morgan fingerprint density at radius 3 is 2.84 bits per heavy atom. The van der Waals surface area contributed by atoms with Gasteiger partial charge in [-0.05, 0) is 42.9 Å². The summed E-state index contributed by atoms with van der Waals surface area (Å²) in [5.74, 6) is 1.68. The molecule has 1 aromatic carbocycles. The Labute approximate surface area is 146 Å². The topological polar surface area (TPSA) is 59.8 Å². The number of rotatable bonds is 5. The summed E-state index contributed by atoms with van der Waals surface area (Å²) in [5, 5.41) is 3.14. The number of imidazole rings is 1. The lowest BCUT2D eigenvalue weighted by Crippen LogP contribution is -2.34. The summed E-state index contributed by atoms with van der Waals surface area (Å²) in [5.41, 5.74) is 1.97. The molecule has 1 saturated carbocycles. The standard InChI is InChI=1S/C20H20N4O/c1-14(17-12-18(17)15-5-3-2-4-6-15)23-20(25)16-7-8-22-19(11-16)24-10-9-21-13-24/h2-11,13-14,17-18H,12H2,1H3,(H,23,25)/t14-,17-,18+/m0/s1. The van der Waals surface area contributed by atoms with Gasteiger partial charge in [0.05, 0.1) is 0 Å². The first-order valence-corrected chi connectivity index (χ1v) is 8.52. The highest BCUT2D eigenvalue weighted by molar-refractivity contribution is 5.94. The van der Waals surface area contributed by atoms with Crippen LogP contribution in [0, 0.1) is 5.92 Å². The molecule has 0 radical (unpaired) electrons. The molecule has 4 rings (SSSR count). The van der Waals surface area contributed by atoms with E-state index in [2.05, 4.69) is 46.5 Å². The first-order valence-electron chi connectivity index (χ1n) is 8.52. The molecule has 1 aliphatic rings.